The van der Waals surface area contributed by atoms with Gasteiger partial charge in [0.2, 0.25) is 12.7 Å². The largest absolute Gasteiger partial charge is 0.466 e. The minimum Gasteiger partial charge on any atom is -0.466 e. The lowest BCUT2D eigenvalue weighted by Crippen LogP contribution is -2.28. The standard InChI is InChI=1S/C13H15NO5/c1-3-17-13(16)7-12(15)14(2)9-4-5-10-11(6-9)19-8-18-10/h4-6H,3,7-8H2,1-2H3. The maximum Gasteiger partial charge on any atom is 0.315 e. The van der Waals surface area contributed by atoms with E-state index in [1.54, 1.807) is 32.2 Å². The molecule has 0 fully saturated rings. The molecule has 1 aliphatic rings. The first-order valence-electron chi connectivity index (χ1n) is 5.93. The Bertz CT molecular complexity index is 500. The van der Waals surface area contributed by atoms with Crippen molar-refractivity contribution in [2.45, 2.75) is 13.3 Å². The van der Waals surface area contributed by atoms with Gasteiger partial charge in [0.25, 0.3) is 0 Å². The molecule has 1 aromatic rings. The van der Waals surface area contributed by atoms with Crippen molar-refractivity contribution in [1.82, 2.24) is 0 Å². The zero-order chi connectivity index (χ0) is 13.8. The van der Waals surface area contributed by atoms with E-state index < -0.39 is 5.97 Å². The van der Waals surface area contributed by atoms with E-state index in [1.165, 1.54) is 4.90 Å². The van der Waals surface area contributed by atoms with Gasteiger partial charge in [0, 0.05) is 18.8 Å². The quantitative estimate of drug-likeness (QED) is 0.607. The number of nitrogens with zero attached hydrogens (tertiary/aromatic N) is 1. The van der Waals surface area contributed by atoms with Gasteiger partial charge < -0.3 is 19.1 Å². The molecular formula is C13H15NO5. The molecule has 0 aromatic heterocycles. The summed E-state index contributed by atoms with van der Waals surface area (Å²) in [5, 5.41) is 0. The summed E-state index contributed by atoms with van der Waals surface area (Å²) >= 11 is 0. The average molecular weight is 265 g/mol. The topological polar surface area (TPSA) is 65.1 Å². The van der Waals surface area contributed by atoms with Gasteiger partial charge in [-0.05, 0) is 19.1 Å². The van der Waals surface area contributed by atoms with Crippen LogP contribution in [0.1, 0.15) is 13.3 Å². The van der Waals surface area contributed by atoms with Crippen molar-refractivity contribution in [1.29, 1.82) is 0 Å². The number of fused-ring (bicyclic) bond motifs is 1. The number of carbonyl (C=O) groups is 2. The molecule has 1 amide bonds. The first-order valence-corrected chi connectivity index (χ1v) is 5.93. The zero-order valence-electron chi connectivity index (χ0n) is 10.8. The molecule has 0 atom stereocenters. The minimum absolute atomic E-state index is 0.180. The fourth-order valence-corrected chi connectivity index (χ4v) is 1.69. The lowest BCUT2D eigenvalue weighted by atomic mass is 10.2. The van der Waals surface area contributed by atoms with Gasteiger partial charge in [0.15, 0.2) is 11.5 Å². The summed E-state index contributed by atoms with van der Waals surface area (Å²) in [4.78, 5) is 24.5. The summed E-state index contributed by atoms with van der Waals surface area (Å²) in [6.07, 6.45) is -0.279. The van der Waals surface area contributed by atoms with Crippen LogP contribution in [-0.2, 0) is 14.3 Å². The van der Waals surface area contributed by atoms with Crippen molar-refractivity contribution in [3.05, 3.63) is 18.2 Å². The van der Waals surface area contributed by atoms with Crippen LogP contribution < -0.4 is 14.4 Å². The third kappa shape index (κ3) is 2.96. The molecule has 1 heterocycles. The molecule has 0 aliphatic carbocycles. The molecule has 1 aliphatic heterocycles. The maximum absolute atomic E-state index is 11.9. The number of hydrogen-bond donors (Lipinski definition) is 0. The summed E-state index contributed by atoms with van der Waals surface area (Å²) in [6.45, 7) is 2.14. The van der Waals surface area contributed by atoms with E-state index in [2.05, 4.69) is 0 Å². The van der Waals surface area contributed by atoms with E-state index in [0.29, 0.717) is 17.2 Å². The van der Waals surface area contributed by atoms with Crippen LogP contribution in [0.4, 0.5) is 5.69 Å². The molecule has 0 unspecified atom stereocenters. The van der Waals surface area contributed by atoms with E-state index >= 15 is 0 Å². The third-order valence-electron chi connectivity index (χ3n) is 2.72. The van der Waals surface area contributed by atoms with Crippen LogP contribution in [-0.4, -0.2) is 32.3 Å². The van der Waals surface area contributed by atoms with Crippen molar-refractivity contribution >= 4 is 17.6 Å². The first-order chi connectivity index (χ1) is 9.11. The predicted molar refractivity (Wildman–Crippen MR) is 67.2 cm³/mol. The smallest absolute Gasteiger partial charge is 0.315 e. The van der Waals surface area contributed by atoms with Crippen LogP contribution in [0, 0.1) is 0 Å². The fourth-order valence-electron chi connectivity index (χ4n) is 1.69. The molecule has 0 bridgehead atoms. The van der Waals surface area contributed by atoms with Crippen molar-refractivity contribution < 1.29 is 23.8 Å². The highest BCUT2D eigenvalue weighted by atomic mass is 16.7. The molecule has 6 nitrogen and oxygen atoms in total. The highest BCUT2D eigenvalue weighted by Gasteiger charge is 2.19. The van der Waals surface area contributed by atoms with Gasteiger partial charge in [0.05, 0.1) is 6.61 Å². The number of esters is 1. The number of amides is 1. The molecule has 0 saturated heterocycles. The van der Waals surface area contributed by atoms with Gasteiger partial charge in [0.1, 0.15) is 6.42 Å². The van der Waals surface area contributed by atoms with E-state index in [-0.39, 0.29) is 25.7 Å². The minimum atomic E-state index is -0.528. The van der Waals surface area contributed by atoms with Gasteiger partial charge in [-0.2, -0.15) is 0 Å². The first kappa shape index (κ1) is 13.2. The Balaban J connectivity index is 2.04. The zero-order valence-corrected chi connectivity index (χ0v) is 10.8. The summed E-state index contributed by atoms with van der Waals surface area (Å²) in [5.74, 6) is 0.376. The second kappa shape index (κ2) is 5.60. The van der Waals surface area contributed by atoms with Gasteiger partial charge in [-0.1, -0.05) is 0 Å². The fraction of sp³-hybridized carbons (Fsp3) is 0.385. The van der Waals surface area contributed by atoms with Crippen LogP contribution >= 0.6 is 0 Å². The SMILES string of the molecule is CCOC(=O)CC(=O)N(C)c1ccc2c(c1)OCO2. The lowest BCUT2D eigenvalue weighted by molar-refractivity contribution is -0.145. The number of rotatable bonds is 4. The second-order valence-corrected chi connectivity index (χ2v) is 3.97. The van der Waals surface area contributed by atoms with Crippen LogP contribution in [0.15, 0.2) is 18.2 Å². The summed E-state index contributed by atoms with van der Waals surface area (Å²) in [6, 6.07) is 5.16. The van der Waals surface area contributed by atoms with Crippen molar-refractivity contribution in [2.75, 3.05) is 25.3 Å². The number of hydrogen-bond acceptors (Lipinski definition) is 5. The lowest BCUT2D eigenvalue weighted by Gasteiger charge is -2.17. The van der Waals surface area contributed by atoms with Gasteiger partial charge in [-0.25, -0.2) is 0 Å². The van der Waals surface area contributed by atoms with Crippen molar-refractivity contribution in [2.24, 2.45) is 0 Å². The normalized spacial score (nSPS) is 12.1. The van der Waals surface area contributed by atoms with E-state index in [1.807, 2.05) is 0 Å². The summed E-state index contributed by atoms with van der Waals surface area (Å²) < 4.78 is 15.2. The molecule has 2 rings (SSSR count). The Morgan fingerprint density at radius 1 is 1.32 bits per heavy atom. The van der Waals surface area contributed by atoms with Crippen LogP contribution in [0.25, 0.3) is 0 Å². The molecule has 19 heavy (non-hydrogen) atoms. The summed E-state index contributed by atoms with van der Waals surface area (Å²) in [7, 11) is 1.60. The Morgan fingerprint density at radius 3 is 2.79 bits per heavy atom. The Labute approximate surface area is 110 Å². The van der Waals surface area contributed by atoms with Gasteiger partial charge >= 0.3 is 5.97 Å². The number of ether oxygens (including phenoxy) is 3. The van der Waals surface area contributed by atoms with Crippen LogP contribution in [0.5, 0.6) is 11.5 Å². The maximum atomic E-state index is 11.9. The number of benzene rings is 1. The van der Waals surface area contributed by atoms with E-state index in [9.17, 15) is 9.59 Å². The number of anilines is 1. The molecule has 0 N–H and O–H groups in total. The molecule has 102 valence electrons. The summed E-state index contributed by atoms with van der Waals surface area (Å²) in [5.41, 5.74) is 0.638. The molecular weight excluding hydrogens is 250 g/mol. The second-order valence-electron chi connectivity index (χ2n) is 3.97. The Kier molecular flexibility index (Phi) is 3.89. The Hall–Kier alpha value is -2.24. The monoisotopic (exact) mass is 265 g/mol. The van der Waals surface area contributed by atoms with E-state index in [4.69, 9.17) is 14.2 Å². The number of carbonyl (C=O) groups excluding carboxylic acids is 2. The highest BCUT2D eigenvalue weighted by Crippen LogP contribution is 2.35. The molecule has 0 saturated carbocycles. The molecule has 0 spiro atoms. The van der Waals surface area contributed by atoms with Crippen molar-refractivity contribution in [3.63, 3.8) is 0 Å². The van der Waals surface area contributed by atoms with Crippen LogP contribution in [0.3, 0.4) is 0 Å². The predicted octanol–water partition coefficient (Wildman–Crippen LogP) is 1.33. The van der Waals surface area contributed by atoms with Gasteiger partial charge in [-0.15, -0.1) is 0 Å². The Morgan fingerprint density at radius 2 is 2.05 bits per heavy atom. The average Bonchev–Trinajstić information content (AvgIpc) is 2.85. The molecule has 0 radical (unpaired) electrons. The highest BCUT2D eigenvalue weighted by molar-refractivity contribution is 6.03. The third-order valence-corrected chi connectivity index (χ3v) is 2.72. The molecule has 1 aromatic carbocycles. The van der Waals surface area contributed by atoms with Crippen LogP contribution in [0.2, 0.25) is 0 Å². The van der Waals surface area contributed by atoms with E-state index in [0.717, 1.165) is 0 Å². The van der Waals surface area contributed by atoms with Gasteiger partial charge in [-0.3, -0.25) is 9.59 Å². The molecule has 6 heteroatoms. The van der Waals surface area contributed by atoms with Crippen molar-refractivity contribution in [3.8, 4) is 11.5 Å².